The van der Waals surface area contributed by atoms with Crippen molar-refractivity contribution in [2.75, 3.05) is 14.2 Å². The molecular formula is C18H15N3OS. The van der Waals surface area contributed by atoms with Crippen LogP contribution in [0.25, 0.3) is 16.8 Å². The number of ether oxygens (including phenoxy) is 1. The van der Waals surface area contributed by atoms with Gasteiger partial charge in [0.15, 0.2) is 0 Å². The van der Waals surface area contributed by atoms with E-state index in [1.807, 2.05) is 66.0 Å². The number of benzene rings is 1. The minimum absolute atomic E-state index is 0.581. The molecule has 4 nitrogen and oxygen atoms in total. The van der Waals surface area contributed by atoms with Gasteiger partial charge in [-0.25, -0.2) is 4.98 Å². The van der Waals surface area contributed by atoms with Crippen molar-refractivity contribution in [3.8, 4) is 23.1 Å². The third-order valence-corrected chi connectivity index (χ3v) is 4.39. The smallest absolute Gasteiger partial charge is 0.136 e. The highest BCUT2D eigenvalue weighted by atomic mass is 32.1. The number of allylic oxidation sites excluding steroid dienone is 4. The normalized spacial score (nSPS) is 15.4. The van der Waals surface area contributed by atoms with Gasteiger partial charge in [-0.1, -0.05) is 6.08 Å². The molecule has 23 heavy (non-hydrogen) atoms. The van der Waals surface area contributed by atoms with Gasteiger partial charge in [-0.2, -0.15) is 5.26 Å². The van der Waals surface area contributed by atoms with Crippen LogP contribution < -0.4 is 4.74 Å². The Labute approximate surface area is 139 Å². The molecule has 1 aliphatic heterocycles. The van der Waals surface area contributed by atoms with Crippen molar-refractivity contribution < 1.29 is 4.74 Å². The van der Waals surface area contributed by atoms with Crippen molar-refractivity contribution in [2.45, 2.75) is 0 Å². The van der Waals surface area contributed by atoms with E-state index in [0.717, 1.165) is 27.7 Å². The molecule has 1 aliphatic rings. The van der Waals surface area contributed by atoms with E-state index in [4.69, 9.17) is 4.74 Å². The van der Waals surface area contributed by atoms with Crippen LogP contribution >= 0.6 is 11.3 Å². The quantitative estimate of drug-likeness (QED) is 0.800. The molecule has 114 valence electrons. The highest BCUT2D eigenvalue weighted by molar-refractivity contribution is 7.11. The largest absolute Gasteiger partial charge is 0.497 e. The van der Waals surface area contributed by atoms with E-state index in [2.05, 4.69) is 11.1 Å². The van der Waals surface area contributed by atoms with E-state index in [0.29, 0.717) is 5.57 Å². The van der Waals surface area contributed by atoms with Gasteiger partial charge in [0, 0.05) is 24.2 Å². The van der Waals surface area contributed by atoms with E-state index < -0.39 is 0 Å². The Morgan fingerprint density at radius 2 is 2.04 bits per heavy atom. The first-order valence-corrected chi connectivity index (χ1v) is 7.93. The van der Waals surface area contributed by atoms with E-state index in [-0.39, 0.29) is 0 Å². The molecule has 3 rings (SSSR count). The Bertz CT molecular complexity index is 838. The Balaban J connectivity index is 1.97. The van der Waals surface area contributed by atoms with Gasteiger partial charge in [0.2, 0.25) is 0 Å². The molecule has 0 atom stereocenters. The highest BCUT2D eigenvalue weighted by Crippen LogP contribution is 2.30. The maximum Gasteiger partial charge on any atom is 0.136 e. The molecule has 0 fully saturated rings. The van der Waals surface area contributed by atoms with Crippen molar-refractivity contribution in [3.05, 3.63) is 64.8 Å². The zero-order valence-electron chi connectivity index (χ0n) is 12.9. The topological polar surface area (TPSA) is 49.1 Å². The van der Waals surface area contributed by atoms with Crippen molar-refractivity contribution in [1.82, 2.24) is 9.88 Å². The molecular weight excluding hydrogens is 306 g/mol. The Morgan fingerprint density at radius 1 is 1.26 bits per heavy atom. The highest BCUT2D eigenvalue weighted by Gasteiger charge is 2.15. The summed E-state index contributed by atoms with van der Waals surface area (Å²) in [6.45, 7) is 0. The van der Waals surface area contributed by atoms with Crippen LogP contribution in [0.2, 0.25) is 0 Å². The lowest BCUT2D eigenvalue weighted by atomic mass is 10.1. The zero-order valence-corrected chi connectivity index (χ0v) is 13.7. The molecule has 0 radical (unpaired) electrons. The summed E-state index contributed by atoms with van der Waals surface area (Å²) >= 11 is 1.48. The third-order valence-electron chi connectivity index (χ3n) is 3.53. The standard InChI is InChI=1S/C18H15N3OS/c1-21-10-4-3-5-17(21)15(11-19)18-20-16(12-23-18)13-6-8-14(22-2)9-7-13/h3-10,12H,1-2H3. The maximum atomic E-state index is 9.56. The van der Waals surface area contributed by atoms with Crippen LogP contribution in [0.5, 0.6) is 5.75 Å². The predicted octanol–water partition coefficient (Wildman–Crippen LogP) is 4.07. The number of rotatable bonds is 3. The molecule has 0 amide bonds. The second-order valence-corrected chi connectivity index (χ2v) is 5.81. The van der Waals surface area contributed by atoms with Crippen molar-refractivity contribution in [2.24, 2.45) is 0 Å². The number of methoxy groups -OCH3 is 1. The van der Waals surface area contributed by atoms with Crippen LogP contribution in [0, 0.1) is 11.3 Å². The number of nitrogens with zero attached hydrogens (tertiary/aromatic N) is 3. The maximum absolute atomic E-state index is 9.56. The molecule has 0 unspecified atom stereocenters. The van der Waals surface area contributed by atoms with Gasteiger partial charge in [-0.15, -0.1) is 11.3 Å². The first-order chi connectivity index (χ1) is 11.2. The van der Waals surface area contributed by atoms with Crippen molar-refractivity contribution in [1.29, 1.82) is 5.26 Å². The van der Waals surface area contributed by atoms with Crippen LogP contribution in [0.1, 0.15) is 5.01 Å². The summed E-state index contributed by atoms with van der Waals surface area (Å²) in [6, 6.07) is 10.0. The number of aromatic nitrogens is 1. The Morgan fingerprint density at radius 3 is 2.70 bits per heavy atom. The fourth-order valence-corrected chi connectivity index (χ4v) is 3.11. The fourth-order valence-electron chi connectivity index (χ4n) is 2.28. The Kier molecular flexibility index (Phi) is 4.26. The van der Waals surface area contributed by atoms with Crippen LogP contribution in [0.4, 0.5) is 0 Å². The van der Waals surface area contributed by atoms with Gasteiger partial charge in [-0.05, 0) is 36.4 Å². The molecule has 5 heteroatoms. The number of thiazole rings is 1. The van der Waals surface area contributed by atoms with Gasteiger partial charge < -0.3 is 9.64 Å². The van der Waals surface area contributed by atoms with Gasteiger partial charge in [-0.3, -0.25) is 0 Å². The number of likely N-dealkylation sites (N-methyl/N-ethyl adjacent to an activating group) is 1. The first-order valence-electron chi connectivity index (χ1n) is 7.05. The zero-order chi connectivity index (χ0) is 16.2. The van der Waals surface area contributed by atoms with Crippen LogP contribution in [-0.2, 0) is 0 Å². The number of hydrogen-bond acceptors (Lipinski definition) is 5. The summed E-state index contributed by atoms with van der Waals surface area (Å²) in [7, 11) is 3.56. The molecule has 0 saturated heterocycles. The summed E-state index contributed by atoms with van der Waals surface area (Å²) in [5, 5.41) is 12.2. The molecule has 1 aromatic heterocycles. The lowest BCUT2D eigenvalue weighted by Crippen LogP contribution is -2.12. The third kappa shape index (κ3) is 3.03. The molecule has 0 N–H and O–H groups in total. The van der Waals surface area contributed by atoms with Crippen molar-refractivity contribution >= 4 is 16.9 Å². The van der Waals surface area contributed by atoms with E-state index in [9.17, 15) is 5.26 Å². The van der Waals surface area contributed by atoms with E-state index >= 15 is 0 Å². The average Bonchev–Trinajstić information content (AvgIpc) is 3.07. The molecule has 2 heterocycles. The minimum atomic E-state index is 0.581. The van der Waals surface area contributed by atoms with Gasteiger partial charge in [0.25, 0.3) is 0 Å². The SMILES string of the molecule is COc1ccc(-c2csc(C(C#N)=C3C=CC=CN3C)n2)cc1. The van der Waals surface area contributed by atoms with Crippen LogP contribution in [0.3, 0.4) is 0 Å². The monoisotopic (exact) mass is 321 g/mol. The summed E-state index contributed by atoms with van der Waals surface area (Å²) in [5.74, 6) is 0.810. The van der Waals surface area contributed by atoms with Gasteiger partial charge in [0.05, 0.1) is 18.5 Å². The summed E-state index contributed by atoms with van der Waals surface area (Å²) in [5.41, 5.74) is 3.30. The molecule has 0 saturated carbocycles. The lowest BCUT2D eigenvalue weighted by Gasteiger charge is -2.18. The fraction of sp³-hybridized carbons (Fsp3) is 0.111. The van der Waals surface area contributed by atoms with Crippen LogP contribution in [-0.4, -0.2) is 24.0 Å². The van der Waals surface area contributed by atoms with Gasteiger partial charge in [0.1, 0.15) is 22.4 Å². The predicted molar refractivity (Wildman–Crippen MR) is 92.7 cm³/mol. The molecule has 0 bridgehead atoms. The number of hydrogen-bond donors (Lipinski definition) is 0. The second-order valence-electron chi connectivity index (χ2n) is 4.95. The summed E-state index contributed by atoms with van der Waals surface area (Å²) in [6.07, 6.45) is 7.70. The summed E-state index contributed by atoms with van der Waals surface area (Å²) in [4.78, 5) is 6.55. The summed E-state index contributed by atoms with van der Waals surface area (Å²) < 4.78 is 5.17. The molecule has 0 aliphatic carbocycles. The molecule has 1 aromatic carbocycles. The molecule has 0 spiro atoms. The minimum Gasteiger partial charge on any atom is -0.497 e. The van der Waals surface area contributed by atoms with Crippen molar-refractivity contribution in [3.63, 3.8) is 0 Å². The molecule has 2 aromatic rings. The van der Waals surface area contributed by atoms with Crippen LogP contribution in [0.15, 0.2) is 59.8 Å². The van der Waals surface area contributed by atoms with E-state index in [1.165, 1.54) is 11.3 Å². The second kappa shape index (κ2) is 6.51. The van der Waals surface area contributed by atoms with E-state index in [1.54, 1.807) is 7.11 Å². The number of nitriles is 1. The lowest BCUT2D eigenvalue weighted by molar-refractivity contribution is 0.415. The van der Waals surface area contributed by atoms with Gasteiger partial charge >= 0.3 is 0 Å². The average molecular weight is 321 g/mol. The first kappa shape index (κ1) is 15.1. The Hall–Kier alpha value is -2.84.